The highest BCUT2D eigenvalue weighted by Gasteiger charge is 2.31. The highest BCUT2D eigenvalue weighted by Crippen LogP contribution is 2.31. The summed E-state index contributed by atoms with van der Waals surface area (Å²) < 4.78 is 5.25. The van der Waals surface area contributed by atoms with E-state index in [9.17, 15) is 9.59 Å². The molecule has 0 fully saturated rings. The van der Waals surface area contributed by atoms with E-state index >= 15 is 0 Å². The molecular formula is C19H17ClN2O3. The van der Waals surface area contributed by atoms with Crippen LogP contribution in [0.15, 0.2) is 59.8 Å². The normalized spacial score (nSPS) is 16.9. The Morgan fingerprint density at radius 2 is 1.88 bits per heavy atom. The molecule has 6 heteroatoms. The van der Waals surface area contributed by atoms with Gasteiger partial charge in [0.15, 0.2) is 5.78 Å². The van der Waals surface area contributed by atoms with E-state index in [0.717, 1.165) is 5.56 Å². The molecule has 3 rings (SSSR count). The lowest BCUT2D eigenvalue weighted by molar-refractivity contribution is 0.102. The van der Waals surface area contributed by atoms with Crippen molar-refractivity contribution in [1.82, 2.24) is 10.6 Å². The largest absolute Gasteiger partial charge is 0.497 e. The van der Waals surface area contributed by atoms with Crippen LogP contribution in [0.1, 0.15) is 28.9 Å². The molecule has 128 valence electrons. The third kappa shape index (κ3) is 3.51. The minimum absolute atomic E-state index is 0.172. The van der Waals surface area contributed by atoms with Gasteiger partial charge >= 0.3 is 6.03 Å². The fraction of sp³-hybridized carbons (Fsp3) is 0.158. The summed E-state index contributed by atoms with van der Waals surface area (Å²) in [5.74, 6) is 0.482. The van der Waals surface area contributed by atoms with E-state index in [1.807, 2.05) is 18.2 Å². The molecule has 0 aromatic heterocycles. The smallest absolute Gasteiger partial charge is 0.319 e. The van der Waals surface area contributed by atoms with Crippen LogP contribution < -0.4 is 15.4 Å². The first kappa shape index (κ1) is 17.0. The molecule has 2 amide bonds. The predicted molar refractivity (Wildman–Crippen MR) is 95.9 cm³/mol. The number of carbonyl (C=O) groups excluding carboxylic acids is 2. The Morgan fingerprint density at radius 3 is 2.56 bits per heavy atom. The summed E-state index contributed by atoms with van der Waals surface area (Å²) in [5, 5.41) is 6.04. The number of hydrogen-bond acceptors (Lipinski definition) is 3. The van der Waals surface area contributed by atoms with E-state index in [2.05, 4.69) is 10.6 Å². The third-order valence-electron chi connectivity index (χ3n) is 4.05. The van der Waals surface area contributed by atoms with Gasteiger partial charge in [-0.25, -0.2) is 4.79 Å². The van der Waals surface area contributed by atoms with Crippen molar-refractivity contribution >= 4 is 23.4 Å². The van der Waals surface area contributed by atoms with Crippen LogP contribution >= 0.6 is 11.6 Å². The van der Waals surface area contributed by atoms with Gasteiger partial charge in [-0.1, -0.05) is 23.7 Å². The molecule has 0 saturated heterocycles. The number of ether oxygens (including phenoxy) is 1. The Morgan fingerprint density at radius 1 is 1.16 bits per heavy atom. The maximum atomic E-state index is 13.0. The van der Waals surface area contributed by atoms with Crippen LogP contribution in [0.4, 0.5) is 4.79 Å². The second-order valence-corrected chi connectivity index (χ2v) is 6.12. The quantitative estimate of drug-likeness (QED) is 0.817. The zero-order valence-electron chi connectivity index (χ0n) is 13.8. The van der Waals surface area contributed by atoms with Gasteiger partial charge in [0.1, 0.15) is 5.75 Å². The van der Waals surface area contributed by atoms with E-state index in [1.54, 1.807) is 44.4 Å². The summed E-state index contributed by atoms with van der Waals surface area (Å²) >= 11 is 5.90. The highest BCUT2D eigenvalue weighted by atomic mass is 35.5. The second kappa shape index (κ2) is 6.99. The number of allylic oxidation sites excluding steroid dienone is 1. The summed E-state index contributed by atoms with van der Waals surface area (Å²) in [5.41, 5.74) is 2.28. The van der Waals surface area contributed by atoms with Crippen molar-refractivity contribution in [3.8, 4) is 5.75 Å². The fourth-order valence-corrected chi connectivity index (χ4v) is 2.95. The predicted octanol–water partition coefficient (Wildman–Crippen LogP) is 3.86. The topological polar surface area (TPSA) is 67.4 Å². The molecular weight excluding hydrogens is 340 g/mol. The zero-order chi connectivity index (χ0) is 18.0. The standard InChI is InChI=1S/C19H17ClN2O3/c1-11-16(18(23)12-6-8-14(20)9-7-12)17(22-19(24)21-11)13-4-3-5-15(10-13)25-2/h3-10,17H,1-2H3,(H2,21,22,24)/t17-/m1/s1. The first-order valence-electron chi connectivity index (χ1n) is 7.72. The minimum atomic E-state index is -0.563. The third-order valence-corrected chi connectivity index (χ3v) is 4.30. The van der Waals surface area contributed by atoms with Gasteiger partial charge in [0.05, 0.1) is 13.2 Å². The SMILES string of the molecule is COc1cccc([C@H]2NC(=O)NC(C)=C2C(=O)c2ccc(Cl)cc2)c1. The zero-order valence-corrected chi connectivity index (χ0v) is 14.6. The van der Waals surface area contributed by atoms with Crippen LogP contribution in [0.25, 0.3) is 0 Å². The number of benzene rings is 2. The number of carbonyl (C=O) groups is 2. The number of rotatable bonds is 4. The average molecular weight is 357 g/mol. The van der Waals surface area contributed by atoms with Crippen molar-refractivity contribution in [1.29, 1.82) is 0 Å². The second-order valence-electron chi connectivity index (χ2n) is 5.68. The summed E-state index contributed by atoms with van der Waals surface area (Å²) in [6.07, 6.45) is 0. The van der Waals surface area contributed by atoms with Crippen LogP contribution in [0.5, 0.6) is 5.75 Å². The average Bonchev–Trinajstić information content (AvgIpc) is 2.61. The van der Waals surface area contributed by atoms with Gasteiger partial charge < -0.3 is 15.4 Å². The summed E-state index contributed by atoms with van der Waals surface area (Å²) in [6.45, 7) is 1.72. The maximum absolute atomic E-state index is 13.0. The Kier molecular flexibility index (Phi) is 4.76. The molecule has 25 heavy (non-hydrogen) atoms. The first-order chi connectivity index (χ1) is 12.0. The van der Waals surface area contributed by atoms with Crippen LogP contribution in [0.2, 0.25) is 5.02 Å². The van der Waals surface area contributed by atoms with Crippen molar-refractivity contribution in [3.63, 3.8) is 0 Å². The van der Waals surface area contributed by atoms with Crippen molar-refractivity contribution in [2.45, 2.75) is 13.0 Å². The van der Waals surface area contributed by atoms with E-state index in [0.29, 0.717) is 27.6 Å². The van der Waals surface area contributed by atoms with Gasteiger partial charge in [-0.2, -0.15) is 0 Å². The van der Waals surface area contributed by atoms with Crippen LogP contribution in [0, 0.1) is 0 Å². The molecule has 0 radical (unpaired) electrons. The van der Waals surface area contributed by atoms with E-state index < -0.39 is 6.04 Å². The van der Waals surface area contributed by atoms with Gasteiger partial charge in [-0.3, -0.25) is 4.79 Å². The summed E-state index contributed by atoms with van der Waals surface area (Å²) in [6, 6.07) is 13.0. The number of nitrogens with one attached hydrogen (secondary N) is 2. The van der Waals surface area contributed by atoms with Crippen molar-refractivity contribution in [3.05, 3.63) is 76.0 Å². The minimum Gasteiger partial charge on any atom is -0.497 e. The van der Waals surface area contributed by atoms with E-state index in [1.165, 1.54) is 0 Å². The lowest BCUT2D eigenvalue weighted by Crippen LogP contribution is -2.45. The number of methoxy groups -OCH3 is 1. The first-order valence-corrected chi connectivity index (χ1v) is 8.10. The monoisotopic (exact) mass is 356 g/mol. The molecule has 0 unspecified atom stereocenters. The molecule has 1 heterocycles. The number of hydrogen-bond donors (Lipinski definition) is 2. The lowest BCUT2D eigenvalue weighted by Gasteiger charge is -2.29. The van der Waals surface area contributed by atoms with Crippen LogP contribution in [-0.4, -0.2) is 18.9 Å². The van der Waals surface area contributed by atoms with Crippen molar-refractivity contribution < 1.29 is 14.3 Å². The molecule has 2 N–H and O–H groups in total. The number of amides is 2. The van der Waals surface area contributed by atoms with Gasteiger partial charge in [-0.05, 0) is 48.9 Å². The van der Waals surface area contributed by atoms with Crippen LogP contribution in [-0.2, 0) is 0 Å². The molecule has 5 nitrogen and oxygen atoms in total. The van der Waals surface area contributed by atoms with Crippen molar-refractivity contribution in [2.75, 3.05) is 7.11 Å². The summed E-state index contributed by atoms with van der Waals surface area (Å²) in [4.78, 5) is 25.0. The maximum Gasteiger partial charge on any atom is 0.319 e. The Labute approximate surface area is 150 Å². The molecule has 0 saturated carbocycles. The number of Topliss-reactive ketones (excluding diaryl/α,β-unsaturated/α-hetero) is 1. The summed E-state index contributed by atoms with van der Waals surface area (Å²) in [7, 11) is 1.57. The molecule has 1 aliphatic rings. The Balaban J connectivity index is 2.06. The molecule has 2 aromatic carbocycles. The van der Waals surface area contributed by atoms with E-state index in [4.69, 9.17) is 16.3 Å². The molecule has 0 aliphatic carbocycles. The van der Waals surface area contributed by atoms with Crippen molar-refractivity contribution in [2.24, 2.45) is 0 Å². The number of urea groups is 1. The lowest BCUT2D eigenvalue weighted by atomic mass is 9.89. The highest BCUT2D eigenvalue weighted by molar-refractivity contribution is 6.30. The molecule has 0 bridgehead atoms. The van der Waals surface area contributed by atoms with E-state index in [-0.39, 0.29) is 11.8 Å². The molecule has 0 spiro atoms. The molecule has 1 aliphatic heterocycles. The van der Waals surface area contributed by atoms with Gasteiger partial charge in [-0.15, -0.1) is 0 Å². The Bertz CT molecular complexity index is 859. The molecule has 2 aromatic rings. The Hall–Kier alpha value is -2.79. The van der Waals surface area contributed by atoms with Gasteiger partial charge in [0.25, 0.3) is 0 Å². The number of halogens is 1. The van der Waals surface area contributed by atoms with Crippen LogP contribution in [0.3, 0.4) is 0 Å². The molecule has 1 atom stereocenters. The van der Waals surface area contributed by atoms with Gasteiger partial charge in [0.2, 0.25) is 0 Å². The fourth-order valence-electron chi connectivity index (χ4n) is 2.82. The number of ketones is 1. The van der Waals surface area contributed by atoms with Gasteiger partial charge in [0, 0.05) is 21.9 Å².